The lowest BCUT2D eigenvalue weighted by atomic mass is 10.1. The van der Waals surface area contributed by atoms with Crippen LogP contribution in [-0.4, -0.2) is 35.7 Å². The number of aromatic nitrogens is 1. The molecule has 1 aromatic carbocycles. The lowest BCUT2D eigenvalue weighted by Crippen LogP contribution is -2.42. The van der Waals surface area contributed by atoms with E-state index < -0.39 is 0 Å². The second-order valence-corrected chi connectivity index (χ2v) is 5.42. The fraction of sp³-hybridized carbons (Fsp3) is 0.438. The average Bonchev–Trinajstić information content (AvgIpc) is 2.84. The van der Waals surface area contributed by atoms with Crippen LogP contribution in [0.5, 0.6) is 0 Å². The largest absolute Gasteiger partial charge is 0.449 e. The Morgan fingerprint density at radius 3 is 3.10 bits per heavy atom. The molecule has 1 aliphatic heterocycles. The number of hydrogen-bond donors (Lipinski definition) is 0. The topological polar surface area (TPSA) is 38.5 Å². The van der Waals surface area contributed by atoms with Gasteiger partial charge in [-0.15, -0.1) is 0 Å². The first-order valence-corrected chi connectivity index (χ1v) is 7.18. The van der Waals surface area contributed by atoms with Gasteiger partial charge in [-0.1, -0.05) is 12.1 Å². The van der Waals surface area contributed by atoms with Crippen LogP contribution in [0.1, 0.15) is 17.1 Å². The molecule has 1 unspecified atom stereocenters. The summed E-state index contributed by atoms with van der Waals surface area (Å²) >= 11 is 0. The molecule has 3 rings (SSSR count). The predicted molar refractivity (Wildman–Crippen MR) is 76.4 cm³/mol. The van der Waals surface area contributed by atoms with Crippen molar-refractivity contribution < 1.29 is 13.5 Å². The van der Waals surface area contributed by atoms with E-state index in [4.69, 9.17) is 9.15 Å². The fourth-order valence-corrected chi connectivity index (χ4v) is 2.68. The molecule has 112 valence electrons. The third kappa shape index (κ3) is 3.89. The van der Waals surface area contributed by atoms with Gasteiger partial charge in [0.1, 0.15) is 12.1 Å². The quantitative estimate of drug-likeness (QED) is 0.867. The summed E-state index contributed by atoms with van der Waals surface area (Å²) in [5, 5.41) is 0. The van der Waals surface area contributed by atoms with E-state index in [9.17, 15) is 4.39 Å². The molecular weight excluding hydrogens is 271 g/mol. The maximum absolute atomic E-state index is 13.2. The Morgan fingerprint density at radius 2 is 2.33 bits per heavy atom. The van der Waals surface area contributed by atoms with Crippen molar-refractivity contribution in [3.05, 3.63) is 53.5 Å². The Hall–Kier alpha value is -1.72. The minimum absolute atomic E-state index is 0.0912. The van der Waals surface area contributed by atoms with Gasteiger partial charge in [0.05, 0.1) is 18.4 Å². The van der Waals surface area contributed by atoms with Crippen molar-refractivity contribution in [2.75, 3.05) is 19.7 Å². The molecule has 4 nitrogen and oxygen atoms in total. The van der Waals surface area contributed by atoms with Gasteiger partial charge < -0.3 is 9.15 Å². The van der Waals surface area contributed by atoms with Crippen molar-refractivity contribution >= 4 is 0 Å². The molecular formula is C16H19FN2O2. The van der Waals surface area contributed by atoms with Crippen LogP contribution in [0.25, 0.3) is 0 Å². The molecule has 1 aliphatic rings. The Kier molecular flexibility index (Phi) is 4.31. The fourth-order valence-electron chi connectivity index (χ4n) is 2.68. The zero-order chi connectivity index (χ0) is 14.7. The summed E-state index contributed by atoms with van der Waals surface area (Å²) in [6.07, 6.45) is 2.52. The maximum atomic E-state index is 13.2. The molecule has 0 spiro atoms. The first-order chi connectivity index (χ1) is 10.2. The van der Waals surface area contributed by atoms with Crippen LogP contribution in [0.3, 0.4) is 0 Å². The summed E-state index contributed by atoms with van der Waals surface area (Å²) < 4.78 is 24.2. The van der Waals surface area contributed by atoms with Crippen LogP contribution in [0.4, 0.5) is 4.39 Å². The van der Waals surface area contributed by atoms with Gasteiger partial charge in [-0.05, 0) is 24.1 Å². The van der Waals surface area contributed by atoms with Crippen molar-refractivity contribution in [3.8, 4) is 0 Å². The first-order valence-electron chi connectivity index (χ1n) is 7.18. The number of benzene rings is 1. The number of nitrogens with zero attached hydrogens (tertiary/aromatic N) is 2. The van der Waals surface area contributed by atoms with E-state index in [-0.39, 0.29) is 11.9 Å². The lowest BCUT2D eigenvalue weighted by Gasteiger charge is -2.32. The summed E-state index contributed by atoms with van der Waals surface area (Å²) in [7, 11) is 0. The van der Waals surface area contributed by atoms with E-state index in [1.54, 1.807) is 18.4 Å². The van der Waals surface area contributed by atoms with Crippen molar-refractivity contribution in [1.82, 2.24) is 9.88 Å². The smallest absolute Gasteiger partial charge is 0.191 e. The summed E-state index contributed by atoms with van der Waals surface area (Å²) in [5.74, 6) is 0.493. The monoisotopic (exact) mass is 290 g/mol. The van der Waals surface area contributed by atoms with Gasteiger partial charge in [0.15, 0.2) is 5.89 Å². The third-order valence-electron chi connectivity index (χ3n) is 3.63. The number of halogens is 1. The number of aryl methyl sites for hydroxylation is 1. The van der Waals surface area contributed by atoms with Gasteiger partial charge in [-0.2, -0.15) is 0 Å². The summed E-state index contributed by atoms with van der Waals surface area (Å²) in [4.78, 5) is 6.62. The highest BCUT2D eigenvalue weighted by Gasteiger charge is 2.21. The maximum Gasteiger partial charge on any atom is 0.191 e. The van der Waals surface area contributed by atoms with Crippen molar-refractivity contribution in [1.29, 1.82) is 0 Å². The van der Waals surface area contributed by atoms with Gasteiger partial charge in [-0.3, -0.25) is 4.90 Å². The van der Waals surface area contributed by atoms with Gasteiger partial charge in [0.25, 0.3) is 0 Å². The molecule has 2 heterocycles. The molecule has 1 saturated heterocycles. The van der Waals surface area contributed by atoms with Crippen molar-refractivity contribution in [3.63, 3.8) is 0 Å². The molecule has 2 aromatic rings. The van der Waals surface area contributed by atoms with E-state index in [1.165, 1.54) is 6.07 Å². The molecule has 21 heavy (non-hydrogen) atoms. The molecule has 1 atom stereocenters. The van der Waals surface area contributed by atoms with Gasteiger partial charge in [0, 0.05) is 26.6 Å². The minimum atomic E-state index is -0.196. The predicted octanol–water partition coefficient (Wildman–Crippen LogP) is 2.57. The number of ether oxygens (including phenoxy) is 1. The SMILES string of the molecule is Cc1nc(CN2CCOC(Cc3cccc(F)c3)C2)co1. The third-order valence-corrected chi connectivity index (χ3v) is 3.63. The van der Waals surface area contributed by atoms with Crippen molar-refractivity contribution in [2.45, 2.75) is 26.0 Å². The van der Waals surface area contributed by atoms with Gasteiger partial charge in [0.2, 0.25) is 0 Å². The Labute approximate surface area is 123 Å². The van der Waals surface area contributed by atoms with E-state index in [0.29, 0.717) is 12.5 Å². The highest BCUT2D eigenvalue weighted by atomic mass is 19.1. The number of rotatable bonds is 4. The molecule has 1 aromatic heterocycles. The summed E-state index contributed by atoms with van der Waals surface area (Å²) in [5.41, 5.74) is 1.91. The highest BCUT2D eigenvalue weighted by Crippen LogP contribution is 2.15. The lowest BCUT2D eigenvalue weighted by molar-refractivity contribution is -0.0308. The van der Waals surface area contributed by atoms with E-state index in [0.717, 1.165) is 37.3 Å². The summed E-state index contributed by atoms with van der Waals surface area (Å²) in [6.45, 7) is 5.00. The van der Waals surface area contributed by atoms with E-state index in [2.05, 4.69) is 9.88 Å². The summed E-state index contributed by atoms with van der Waals surface area (Å²) in [6, 6.07) is 6.71. The minimum Gasteiger partial charge on any atom is -0.449 e. The second-order valence-electron chi connectivity index (χ2n) is 5.42. The molecule has 0 amide bonds. The zero-order valence-corrected chi connectivity index (χ0v) is 12.1. The first kappa shape index (κ1) is 14.2. The Bertz CT molecular complexity index is 599. The van der Waals surface area contributed by atoms with Crippen LogP contribution in [-0.2, 0) is 17.7 Å². The van der Waals surface area contributed by atoms with Crippen LogP contribution in [0.15, 0.2) is 34.9 Å². The average molecular weight is 290 g/mol. The Balaban J connectivity index is 1.58. The van der Waals surface area contributed by atoms with Crippen LogP contribution in [0, 0.1) is 12.7 Å². The molecule has 0 saturated carbocycles. The molecule has 0 N–H and O–H groups in total. The molecule has 0 bridgehead atoms. The molecule has 0 radical (unpaired) electrons. The van der Waals surface area contributed by atoms with Gasteiger partial charge >= 0.3 is 0 Å². The molecule has 5 heteroatoms. The van der Waals surface area contributed by atoms with Gasteiger partial charge in [-0.25, -0.2) is 9.37 Å². The molecule has 1 fully saturated rings. The Morgan fingerprint density at radius 1 is 1.43 bits per heavy atom. The second kappa shape index (κ2) is 6.37. The number of hydrogen-bond acceptors (Lipinski definition) is 4. The van der Waals surface area contributed by atoms with E-state index in [1.807, 2.05) is 13.0 Å². The normalized spacial score (nSPS) is 19.8. The standard InChI is InChI=1S/C16H19FN2O2/c1-12-18-15(11-21-12)9-19-5-6-20-16(10-19)8-13-3-2-4-14(17)7-13/h2-4,7,11,16H,5-6,8-10H2,1H3. The van der Waals surface area contributed by atoms with Crippen molar-refractivity contribution in [2.24, 2.45) is 0 Å². The van der Waals surface area contributed by atoms with Crippen LogP contribution < -0.4 is 0 Å². The van der Waals surface area contributed by atoms with Crippen LogP contribution in [0.2, 0.25) is 0 Å². The molecule has 0 aliphatic carbocycles. The van der Waals surface area contributed by atoms with Crippen LogP contribution >= 0.6 is 0 Å². The highest BCUT2D eigenvalue weighted by molar-refractivity contribution is 5.17. The van der Waals surface area contributed by atoms with E-state index >= 15 is 0 Å². The zero-order valence-electron chi connectivity index (χ0n) is 12.1. The number of morpholine rings is 1. The number of oxazole rings is 1.